The highest BCUT2D eigenvalue weighted by atomic mass is 127. The zero-order valence-electron chi connectivity index (χ0n) is 16.2. The Kier molecular flexibility index (Phi) is 5.97. The molecule has 0 N–H and O–H groups in total. The number of carbonyl (C=O) groups excluding carboxylic acids is 2. The monoisotopic (exact) mass is 622 g/mol. The molecule has 4 rings (SSSR count). The van der Waals surface area contributed by atoms with Crippen molar-refractivity contribution in [3.05, 3.63) is 67.8 Å². The van der Waals surface area contributed by atoms with Crippen molar-refractivity contribution < 1.29 is 19.1 Å². The molecule has 0 saturated heterocycles. The summed E-state index contributed by atoms with van der Waals surface area (Å²) >= 11 is 4.35. The maximum absolute atomic E-state index is 12.0. The average molecular weight is 622 g/mol. The van der Waals surface area contributed by atoms with Gasteiger partial charge in [0.05, 0.1) is 7.14 Å². The van der Waals surface area contributed by atoms with Crippen LogP contribution in [0.2, 0.25) is 0 Å². The summed E-state index contributed by atoms with van der Waals surface area (Å²) in [6.45, 7) is 2.77. The number of halogens is 2. The molecule has 150 valence electrons. The van der Waals surface area contributed by atoms with Gasteiger partial charge in [0.2, 0.25) is 0 Å². The van der Waals surface area contributed by atoms with E-state index in [1.165, 1.54) is 13.8 Å². The lowest BCUT2D eigenvalue weighted by molar-refractivity contribution is -0.133. The highest BCUT2D eigenvalue weighted by Crippen LogP contribution is 2.48. The van der Waals surface area contributed by atoms with E-state index < -0.39 is 11.9 Å². The van der Waals surface area contributed by atoms with Crippen LogP contribution in [0.5, 0.6) is 11.5 Å². The first-order chi connectivity index (χ1) is 14.4. The Balaban J connectivity index is 2.25. The fourth-order valence-corrected chi connectivity index (χ4v) is 5.00. The van der Waals surface area contributed by atoms with Crippen molar-refractivity contribution in [2.75, 3.05) is 0 Å². The van der Waals surface area contributed by atoms with Gasteiger partial charge >= 0.3 is 11.9 Å². The Hall–Kier alpha value is -2.20. The minimum Gasteiger partial charge on any atom is -0.425 e. The van der Waals surface area contributed by atoms with E-state index in [0.717, 1.165) is 39.8 Å². The number of carbonyl (C=O) groups is 2. The van der Waals surface area contributed by atoms with E-state index in [2.05, 4.69) is 45.2 Å². The van der Waals surface area contributed by atoms with E-state index in [9.17, 15) is 9.59 Å². The van der Waals surface area contributed by atoms with E-state index in [1.807, 2.05) is 60.7 Å². The standard InChI is InChI=1S/C24H16I2O4/c1-13(27)29-23-19(25)11-15-7-3-5-9-17(15)21(23)22-18-10-6-4-8-16(18)12-20(26)24(22)30-14(2)28/h3-12H,1-2H3. The van der Waals surface area contributed by atoms with E-state index >= 15 is 0 Å². The molecule has 6 heteroatoms. The second-order valence-corrected chi connectivity index (χ2v) is 9.08. The number of ether oxygens (including phenoxy) is 2. The number of fused-ring (bicyclic) bond motifs is 2. The van der Waals surface area contributed by atoms with Gasteiger partial charge in [-0.1, -0.05) is 48.5 Å². The van der Waals surface area contributed by atoms with Crippen molar-refractivity contribution in [3.8, 4) is 22.6 Å². The predicted octanol–water partition coefficient (Wildman–Crippen LogP) is 6.72. The number of rotatable bonds is 3. The number of hydrogen-bond acceptors (Lipinski definition) is 4. The van der Waals surface area contributed by atoms with Crippen LogP contribution in [0, 0.1) is 7.14 Å². The molecule has 0 atom stereocenters. The van der Waals surface area contributed by atoms with Gasteiger partial charge in [-0.05, 0) is 78.9 Å². The summed E-state index contributed by atoms with van der Waals surface area (Å²) in [5.41, 5.74) is 1.47. The van der Waals surface area contributed by atoms with Crippen LogP contribution in [0.4, 0.5) is 0 Å². The van der Waals surface area contributed by atoms with Crippen LogP contribution in [-0.4, -0.2) is 11.9 Å². The minimum absolute atomic E-state index is 0.409. The van der Waals surface area contributed by atoms with Crippen LogP contribution in [-0.2, 0) is 9.59 Å². The van der Waals surface area contributed by atoms with Gasteiger partial charge in [0.1, 0.15) is 0 Å². The Morgan fingerprint density at radius 2 is 1.03 bits per heavy atom. The third kappa shape index (κ3) is 3.90. The van der Waals surface area contributed by atoms with E-state index in [4.69, 9.17) is 9.47 Å². The van der Waals surface area contributed by atoms with Gasteiger partial charge < -0.3 is 9.47 Å². The predicted molar refractivity (Wildman–Crippen MR) is 135 cm³/mol. The first-order valence-corrected chi connectivity index (χ1v) is 11.3. The molecule has 0 unspecified atom stereocenters. The quantitative estimate of drug-likeness (QED) is 0.145. The summed E-state index contributed by atoms with van der Waals surface area (Å²) in [6.07, 6.45) is 0. The first kappa shape index (κ1) is 21.0. The molecule has 4 aromatic rings. The SMILES string of the molecule is CC(=O)Oc1c(I)cc2ccccc2c1-c1c(OC(C)=O)c(I)cc2ccccc12. The van der Waals surface area contributed by atoms with E-state index in [-0.39, 0.29) is 0 Å². The molecular weight excluding hydrogens is 606 g/mol. The van der Waals surface area contributed by atoms with Crippen LogP contribution in [0.1, 0.15) is 13.8 Å². The lowest BCUT2D eigenvalue weighted by Crippen LogP contribution is -2.08. The van der Waals surface area contributed by atoms with Crippen molar-refractivity contribution in [3.63, 3.8) is 0 Å². The molecule has 0 aliphatic heterocycles. The van der Waals surface area contributed by atoms with Crippen molar-refractivity contribution >= 4 is 78.7 Å². The van der Waals surface area contributed by atoms with Gasteiger partial charge in [-0.3, -0.25) is 9.59 Å². The summed E-state index contributed by atoms with van der Waals surface area (Å²) in [6, 6.07) is 19.8. The van der Waals surface area contributed by atoms with Gasteiger partial charge in [-0.2, -0.15) is 0 Å². The highest BCUT2D eigenvalue weighted by molar-refractivity contribution is 14.1. The second kappa shape index (κ2) is 8.50. The summed E-state index contributed by atoms with van der Waals surface area (Å²) < 4.78 is 13.0. The summed E-state index contributed by atoms with van der Waals surface area (Å²) in [5.74, 6) is 0.103. The average Bonchev–Trinajstić information content (AvgIpc) is 2.69. The van der Waals surface area contributed by atoms with Crippen LogP contribution in [0.3, 0.4) is 0 Å². The van der Waals surface area contributed by atoms with Crippen molar-refractivity contribution in [1.82, 2.24) is 0 Å². The molecule has 0 fully saturated rings. The van der Waals surface area contributed by atoms with Gasteiger partial charge in [-0.25, -0.2) is 0 Å². The van der Waals surface area contributed by atoms with Crippen LogP contribution < -0.4 is 9.47 Å². The number of benzene rings is 4. The van der Waals surface area contributed by atoms with Crippen molar-refractivity contribution in [1.29, 1.82) is 0 Å². The van der Waals surface area contributed by atoms with Crippen molar-refractivity contribution in [2.24, 2.45) is 0 Å². The van der Waals surface area contributed by atoms with Crippen LogP contribution in [0.25, 0.3) is 32.7 Å². The topological polar surface area (TPSA) is 52.6 Å². The summed E-state index contributed by atoms with van der Waals surface area (Å²) in [7, 11) is 0. The Morgan fingerprint density at radius 1 is 0.667 bits per heavy atom. The highest BCUT2D eigenvalue weighted by Gasteiger charge is 2.24. The van der Waals surface area contributed by atoms with Gasteiger partial charge in [0, 0.05) is 25.0 Å². The zero-order chi connectivity index (χ0) is 21.4. The van der Waals surface area contributed by atoms with E-state index in [0.29, 0.717) is 11.5 Å². The van der Waals surface area contributed by atoms with Gasteiger partial charge in [0.15, 0.2) is 11.5 Å². The Morgan fingerprint density at radius 3 is 1.40 bits per heavy atom. The molecule has 0 amide bonds. The van der Waals surface area contributed by atoms with Crippen LogP contribution in [0.15, 0.2) is 60.7 Å². The Bertz CT molecular complexity index is 1220. The number of esters is 2. The fraction of sp³-hybridized carbons (Fsp3) is 0.0833. The molecule has 0 aromatic heterocycles. The maximum Gasteiger partial charge on any atom is 0.308 e. The lowest BCUT2D eigenvalue weighted by Gasteiger charge is -2.20. The van der Waals surface area contributed by atoms with Crippen LogP contribution >= 0.6 is 45.2 Å². The number of hydrogen-bond donors (Lipinski definition) is 0. The van der Waals surface area contributed by atoms with Gasteiger partial charge in [0.25, 0.3) is 0 Å². The maximum atomic E-state index is 12.0. The molecule has 4 nitrogen and oxygen atoms in total. The molecule has 0 heterocycles. The summed E-state index contributed by atoms with van der Waals surface area (Å²) in [5, 5.41) is 3.83. The molecule has 30 heavy (non-hydrogen) atoms. The molecule has 0 radical (unpaired) electrons. The van der Waals surface area contributed by atoms with Gasteiger partial charge in [-0.15, -0.1) is 0 Å². The van der Waals surface area contributed by atoms with Crippen molar-refractivity contribution in [2.45, 2.75) is 13.8 Å². The third-order valence-corrected chi connectivity index (χ3v) is 6.26. The molecule has 0 saturated carbocycles. The fourth-order valence-electron chi connectivity index (χ4n) is 3.57. The molecule has 0 spiro atoms. The molecular formula is C24H16I2O4. The molecule has 0 bridgehead atoms. The minimum atomic E-state index is -0.409. The largest absolute Gasteiger partial charge is 0.425 e. The molecule has 4 aromatic carbocycles. The molecule has 0 aliphatic rings. The normalized spacial score (nSPS) is 10.9. The molecule has 0 aliphatic carbocycles. The smallest absolute Gasteiger partial charge is 0.308 e. The first-order valence-electron chi connectivity index (χ1n) is 9.16. The lowest BCUT2D eigenvalue weighted by atomic mass is 9.92. The Labute approximate surface area is 200 Å². The third-order valence-electron chi connectivity index (χ3n) is 4.65. The second-order valence-electron chi connectivity index (χ2n) is 6.75. The summed E-state index contributed by atoms with van der Waals surface area (Å²) in [4.78, 5) is 23.9. The zero-order valence-corrected chi connectivity index (χ0v) is 20.5. The van der Waals surface area contributed by atoms with E-state index in [1.54, 1.807) is 0 Å².